The van der Waals surface area contributed by atoms with E-state index in [1.165, 1.54) is 19.9 Å². The molecule has 0 atom stereocenters. The van der Waals surface area contributed by atoms with E-state index >= 15 is 0 Å². The fourth-order valence-corrected chi connectivity index (χ4v) is 1.34. The molecule has 0 fully saturated rings. The first-order valence-corrected chi connectivity index (χ1v) is 5.45. The Morgan fingerprint density at radius 2 is 1.88 bits per heavy atom. The van der Waals surface area contributed by atoms with Crippen molar-refractivity contribution < 1.29 is 9.90 Å². The lowest BCUT2D eigenvalue weighted by Gasteiger charge is -1.98. The van der Waals surface area contributed by atoms with Crippen molar-refractivity contribution in [2.75, 3.05) is 0 Å². The van der Waals surface area contributed by atoms with Crippen molar-refractivity contribution in [1.82, 2.24) is 0 Å². The molecule has 0 aliphatic rings. The summed E-state index contributed by atoms with van der Waals surface area (Å²) in [5.74, 6) is -0.546. The van der Waals surface area contributed by atoms with E-state index in [0.717, 1.165) is 0 Å². The molecule has 0 bridgehead atoms. The fraction of sp³-hybridized carbons (Fsp3) is 0.182. The minimum absolute atomic E-state index is 0.0870. The van der Waals surface area contributed by atoms with Crippen LogP contribution in [0.3, 0.4) is 0 Å². The predicted molar refractivity (Wildman–Crippen MR) is 67.0 cm³/mol. The molecule has 0 aliphatic heterocycles. The van der Waals surface area contributed by atoms with Crippen molar-refractivity contribution in [3.05, 3.63) is 39.7 Å². The Hall–Kier alpha value is -1.39. The average Bonchev–Trinajstić information content (AvgIpc) is 2.22. The number of halogens is 2. The van der Waals surface area contributed by atoms with Gasteiger partial charge in [0.05, 0.1) is 15.7 Å². The number of Topliss-reactive ketones (excluding diaryl/α,β-unsaturated/α-hetero) is 1. The smallest absolute Gasteiger partial charge is 0.183 e. The minimum atomic E-state index is -0.367. The quantitative estimate of drug-likeness (QED) is 0.502. The van der Waals surface area contributed by atoms with E-state index in [0.29, 0.717) is 15.7 Å². The van der Waals surface area contributed by atoms with E-state index < -0.39 is 0 Å². The molecule has 1 aromatic carbocycles. The fourth-order valence-electron chi connectivity index (χ4n) is 1.05. The lowest BCUT2D eigenvalue weighted by atomic mass is 10.3. The maximum absolute atomic E-state index is 11.1. The van der Waals surface area contributed by atoms with E-state index in [4.69, 9.17) is 23.2 Å². The first-order valence-electron chi connectivity index (χ1n) is 4.69. The van der Waals surface area contributed by atoms with Crippen LogP contribution in [0, 0.1) is 0 Å². The Morgan fingerprint density at radius 1 is 1.24 bits per heavy atom. The van der Waals surface area contributed by atoms with E-state index in [-0.39, 0.29) is 17.2 Å². The van der Waals surface area contributed by atoms with Crippen LogP contribution in [0.15, 0.2) is 39.9 Å². The van der Waals surface area contributed by atoms with E-state index in [1.807, 2.05) is 0 Å². The Balaban J connectivity index is 3.01. The molecule has 0 aromatic heterocycles. The largest absolute Gasteiger partial charge is 0.510 e. The molecule has 0 amide bonds. The van der Waals surface area contributed by atoms with Crippen LogP contribution >= 0.6 is 23.2 Å². The summed E-state index contributed by atoms with van der Waals surface area (Å²) in [6, 6.07) is 4.68. The lowest BCUT2D eigenvalue weighted by molar-refractivity contribution is -0.113. The monoisotopic (exact) mass is 272 g/mol. The van der Waals surface area contributed by atoms with Crippen LogP contribution in [0.1, 0.15) is 13.8 Å². The van der Waals surface area contributed by atoms with Crippen LogP contribution < -0.4 is 0 Å². The van der Waals surface area contributed by atoms with Gasteiger partial charge in [-0.3, -0.25) is 4.79 Å². The summed E-state index contributed by atoms with van der Waals surface area (Å²) in [6.45, 7) is 2.66. The number of hydrogen-bond donors (Lipinski definition) is 1. The maximum atomic E-state index is 11.1. The van der Waals surface area contributed by atoms with Gasteiger partial charge in [0.25, 0.3) is 0 Å². The molecule has 90 valence electrons. The summed E-state index contributed by atoms with van der Waals surface area (Å²) in [6.07, 6.45) is 0. The zero-order valence-corrected chi connectivity index (χ0v) is 10.7. The van der Waals surface area contributed by atoms with Crippen LogP contribution in [-0.4, -0.2) is 10.9 Å². The summed E-state index contributed by atoms with van der Waals surface area (Å²) in [4.78, 5) is 11.1. The lowest BCUT2D eigenvalue weighted by Crippen LogP contribution is -1.96. The molecule has 0 radical (unpaired) electrons. The van der Waals surface area contributed by atoms with Crippen molar-refractivity contribution in [2.24, 2.45) is 10.2 Å². The normalized spacial score (nSPS) is 12.7. The molecule has 4 nitrogen and oxygen atoms in total. The number of benzene rings is 1. The van der Waals surface area contributed by atoms with Gasteiger partial charge in [-0.2, -0.15) is 5.11 Å². The molecule has 0 saturated carbocycles. The van der Waals surface area contributed by atoms with E-state index in [1.54, 1.807) is 12.1 Å². The van der Waals surface area contributed by atoms with Crippen LogP contribution in [0.4, 0.5) is 5.69 Å². The highest BCUT2D eigenvalue weighted by Gasteiger charge is 2.06. The summed E-state index contributed by atoms with van der Waals surface area (Å²) in [7, 11) is 0. The highest BCUT2D eigenvalue weighted by atomic mass is 35.5. The predicted octanol–water partition coefficient (Wildman–Crippen LogP) is 4.46. The van der Waals surface area contributed by atoms with Crippen molar-refractivity contribution in [2.45, 2.75) is 13.8 Å². The summed E-state index contributed by atoms with van der Waals surface area (Å²) in [5.41, 5.74) is 0.357. The molecule has 0 spiro atoms. The number of carbonyl (C=O) groups is 1. The number of carbonyl (C=O) groups excluding carboxylic acids is 1. The second-order valence-corrected chi connectivity index (χ2v) is 4.10. The third-order valence-electron chi connectivity index (χ3n) is 1.84. The number of nitrogens with zero attached hydrogens (tertiary/aromatic N) is 2. The van der Waals surface area contributed by atoms with Crippen LogP contribution in [0.5, 0.6) is 0 Å². The van der Waals surface area contributed by atoms with Crippen LogP contribution in [0.25, 0.3) is 0 Å². The standard InChI is InChI=1S/C11H10Cl2N2O2/c1-6(16)11(7(2)17)15-14-8-3-4-9(12)10(13)5-8/h3-5,16H,1-2H3/b11-6+,15-14?. The molecule has 1 rings (SSSR count). The summed E-state index contributed by atoms with van der Waals surface area (Å²) >= 11 is 11.5. The highest BCUT2D eigenvalue weighted by molar-refractivity contribution is 6.42. The third kappa shape index (κ3) is 3.84. The number of azo groups is 1. The molecule has 17 heavy (non-hydrogen) atoms. The molecular weight excluding hydrogens is 263 g/mol. The number of aliphatic hydroxyl groups is 1. The third-order valence-corrected chi connectivity index (χ3v) is 2.58. The van der Waals surface area contributed by atoms with Crippen molar-refractivity contribution in [1.29, 1.82) is 0 Å². The zero-order valence-electron chi connectivity index (χ0n) is 9.24. The Morgan fingerprint density at radius 3 is 2.35 bits per heavy atom. The number of aliphatic hydroxyl groups excluding tert-OH is 1. The Labute approximate surface area is 109 Å². The van der Waals surface area contributed by atoms with Gasteiger partial charge in [0.1, 0.15) is 5.76 Å². The molecule has 0 aliphatic carbocycles. The number of allylic oxidation sites excluding steroid dienone is 2. The van der Waals surface area contributed by atoms with Gasteiger partial charge in [-0.1, -0.05) is 23.2 Å². The second-order valence-electron chi connectivity index (χ2n) is 3.29. The first-order chi connectivity index (χ1) is 7.91. The first kappa shape index (κ1) is 13.7. The number of hydrogen-bond acceptors (Lipinski definition) is 4. The minimum Gasteiger partial charge on any atom is -0.510 e. The van der Waals surface area contributed by atoms with Crippen LogP contribution in [0.2, 0.25) is 10.0 Å². The second kappa shape index (κ2) is 5.80. The summed E-state index contributed by atoms with van der Waals surface area (Å²) in [5, 5.41) is 17.4. The SMILES string of the molecule is CC(=O)/C(N=Nc1ccc(Cl)c(Cl)c1)=C(/C)O. The highest BCUT2D eigenvalue weighted by Crippen LogP contribution is 2.27. The van der Waals surface area contributed by atoms with Crippen LogP contribution in [-0.2, 0) is 4.79 Å². The van der Waals surface area contributed by atoms with Crippen molar-refractivity contribution in [3.63, 3.8) is 0 Å². The van der Waals surface area contributed by atoms with Gasteiger partial charge in [0.15, 0.2) is 11.5 Å². The van der Waals surface area contributed by atoms with Gasteiger partial charge in [-0.05, 0) is 25.1 Å². The average molecular weight is 273 g/mol. The number of ketones is 1. The Kier molecular flexibility index (Phi) is 4.66. The van der Waals surface area contributed by atoms with Gasteiger partial charge in [-0.25, -0.2) is 0 Å². The molecule has 1 N–H and O–H groups in total. The van der Waals surface area contributed by atoms with Gasteiger partial charge < -0.3 is 5.11 Å². The number of rotatable bonds is 3. The van der Waals surface area contributed by atoms with Gasteiger partial charge >= 0.3 is 0 Å². The molecule has 0 unspecified atom stereocenters. The van der Waals surface area contributed by atoms with Crippen molar-refractivity contribution in [3.8, 4) is 0 Å². The van der Waals surface area contributed by atoms with Gasteiger partial charge in [0, 0.05) is 6.92 Å². The molecule has 6 heteroatoms. The molecular formula is C11H10Cl2N2O2. The van der Waals surface area contributed by atoms with Gasteiger partial charge in [-0.15, -0.1) is 5.11 Å². The maximum Gasteiger partial charge on any atom is 0.183 e. The Bertz CT molecular complexity index is 506. The molecule has 1 aromatic rings. The van der Waals surface area contributed by atoms with Gasteiger partial charge in [0.2, 0.25) is 0 Å². The topological polar surface area (TPSA) is 62.0 Å². The van der Waals surface area contributed by atoms with E-state index in [2.05, 4.69) is 10.2 Å². The zero-order chi connectivity index (χ0) is 13.0. The summed E-state index contributed by atoms with van der Waals surface area (Å²) < 4.78 is 0. The van der Waals surface area contributed by atoms with Crippen molar-refractivity contribution >= 4 is 34.7 Å². The van der Waals surface area contributed by atoms with E-state index in [9.17, 15) is 9.90 Å². The molecule has 0 saturated heterocycles. The molecule has 0 heterocycles.